The summed E-state index contributed by atoms with van der Waals surface area (Å²) < 4.78 is 29.4. The van der Waals surface area contributed by atoms with Crippen LogP contribution in [0.1, 0.15) is 51.7 Å². The molecule has 9 nitrogen and oxygen atoms in total. The summed E-state index contributed by atoms with van der Waals surface area (Å²) in [5.41, 5.74) is 4.78. The van der Waals surface area contributed by atoms with E-state index in [2.05, 4.69) is 15.8 Å². The largest absolute Gasteiger partial charge is 0.493 e. The Bertz CT molecular complexity index is 1390. The number of nitrogens with zero attached hydrogens (tertiary/aromatic N) is 1. The molecule has 0 spiro atoms. The van der Waals surface area contributed by atoms with Crippen LogP contribution in [0.4, 0.5) is 9.39 Å². The molecule has 0 radical (unpaired) electrons. The lowest BCUT2D eigenvalue weighted by Crippen LogP contribution is -2.32. The summed E-state index contributed by atoms with van der Waals surface area (Å²) in [6, 6.07) is 11.0. The second-order valence-electron chi connectivity index (χ2n) is 8.61. The molecule has 0 aliphatic heterocycles. The third kappa shape index (κ3) is 6.99. The topological polar surface area (TPSA) is 115 Å². The van der Waals surface area contributed by atoms with E-state index in [4.69, 9.17) is 14.2 Å². The van der Waals surface area contributed by atoms with Crippen molar-refractivity contribution in [2.24, 2.45) is 5.10 Å². The Hall–Kier alpha value is -4.25. The molecule has 1 aliphatic rings. The molecule has 0 fully saturated rings. The van der Waals surface area contributed by atoms with E-state index in [0.717, 1.165) is 41.7 Å². The van der Waals surface area contributed by atoms with E-state index in [9.17, 15) is 18.8 Å². The molecule has 11 heteroatoms. The predicted octanol–water partition coefficient (Wildman–Crippen LogP) is 4.62. The van der Waals surface area contributed by atoms with Gasteiger partial charge in [-0.2, -0.15) is 5.10 Å². The zero-order chi connectivity index (χ0) is 27.8. The van der Waals surface area contributed by atoms with Gasteiger partial charge in [0.2, 0.25) is 0 Å². The van der Waals surface area contributed by atoms with Crippen molar-refractivity contribution in [2.45, 2.75) is 39.2 Å². The number of ether oxygens (including phenoxy) is 3. The molecule has 2 N–H and O–H groups in total. The number of amides is 2. The van der Waals surface area contributed by atoms with E-state index in [1.165, 1.54) is 36.8 Å². The highest BCUT2D eigenvalue weighted by atomic mass is 32.1. The van der Waals surface area contributed by atoms with E-state index >= 15 is 0 Å². The SMILES string of the molecule is CCOC(=O)c1c(NC(=O)C(=O)N/N=C/c2ccc(OCc3ccc(F)cc3)c(OC)c2)sc2c1CCCC2. The van der Waals surface area contributed by atoms with Gasteiger partial charge < -0.3 is 19.5 Å². The summed E-state index contributed by atoms with van der Waals surface area (Å²) >= 11 is 1.30. The molecule has 0 unspecified atom stereocenters. The van der Waals surface area contributed by atoms with Crippen molar-refractivity contribution in [1.82, 2.24) is 5.43 Å². The normalized spacial score (nSPS) is 12.5. The third-order valence-corrected chi connectivity index (χ3v) is 7.17. The first-order valence-electron chi connectivity index (χ1n) is 12.4. The number of anilines is 1. The zero-order valence-corrected chi connectivity index (χ0v) is 22.4. The lowest BCUT2D eigenvalue weighted by Gasteiger charge is -2.12. The molecule has 2 amide bonds. The van der Waals surface area contributed by atoms with Crippen LogP contribution in [0.15, 0.2) is 47.6 Å². The molecule has 0 atom stereocenters. The van der Waals surface area contributed by atoms with Crippen LogP contribution in [0.25, 0.3) is 0 Å². The van der Waals surface area contributed by atoms with Gasteiger partial charge in [0.1, 0.15) is 17.4 Å². The first-order valence-corrected chi connectivity index (χ1v) is 13.2. The highest BCUT2D eigenvalue weighted by Gasteiger charge is 2.28. The minimum Gasteiger partial charge on any atom is -0.493 e. The van der Waals surface area contributed by atoms with Crippen molar-refractivity contribution in [3.05, 3.63) is 75.4 Å². The summed E-state index contributed by atoms with van der Waals surface area (Å²) in [6.07, 6.45) is 4.85. The van der Waals surface area contributed by atoms with E-state index in [1.807, 2.05) is 0 Å². The smallest absolute Gasteiger partial charge is 0.341 e. The average Bonchev–Trinajstić information content (AvgIpc) is 3.31. The number of benzene rings is 2. The minimum absolute atomic E-state index is 0.207. The van der Waals surface area contributed by atoms with Gasteiger partial charge in [0.15, 0.2) is 11.5 Å². The molecule has 1 aliphatic carbocycles. The summed E-state index contributed by atoms with van der Waals surface area (Å²) in [5.74, 6) is -1.87. The second kappa shape index (κ2) is 13.0. The van der Waals surface area contributed by atoms with Crippen LogP contribution in [-0.4, -0.2) is 37.7 Å². The van der Waals surface area contributed by atoms with Crippen LogP contribution in [0.3, 0.4) is 0 Å². The molecule has 0 saturated heterocycles. The number of hydrazone groups is 1. The van der Waals surface area contributed by atoms with Gasteiger partial charge in [-0.25, -0.2) is 14.6 Å². The van der Waals surface area contributed by atoms with Gasteiger partial charge in [-0.15, -0.1) is 11.3 Å². The van der Waals surface area contributed by atoms with Gasteiger partial charge in [-0.3, -0.25) is 9.59 Å². The number of methoxy groups -OCH3 is 1. The van der Waals surface area contributed by atoms with Crippen molar-refractivity contribution in [1.29, 1.82) is 0 Å². The van der Waals surface area contributed by atoms with Crippen LogP contribution < -0.4 is 20.2 Å². The van der Waals surface area contributed by atoms with Gasteiger partial charge in [-0.1, -0.05) is 12.1 Å². The molecular weight excluding hydrogens is 525 g/mol. The van der Waals surface area contributed by atoms with E-state index in [1.54, 1.807) is 37.3 Å². The number of halogens is 1. The number of fused-ring (bicyclic) bond motifs is 1. The summed E-state index contributed by atoms with van der Waals surface area (Å²) in [4.78, 5) is 38.5. The summed E-state index contributed by atoms with van der Waals surface area (Å²) in [5, 5.41) is 6.72. The average molecular weight is 554 g/mol. The van der Waals surface area contributed by atoms with E-state index < -0.39 is 17.8 Å². The number of carbonyl (C=O) groups is 3. The van der Waals surface area contributed by atoms with E-state index in [0.29, 0.717) is 27.6 Å². The van der Waals surface area contributed by atoms with Crippen LogP contribution in [0.5, 0.6) is 11.5 Å². The van der Waals surface area contributed by atoms with Crippen molar-refractivity contribution in [2.75, 3.05) is 19.0 Å². The van der Waals surface area contributed by atoms with Crippen molar-refractivity contribution >= 4 is 40.3 Å². The number of carbonyl (C=O) groups excluding carboxylic acids is 3. The third-order valence-electron chi connectivity index (χ3n) is 5.96. The molecule has 39 heavy (non-hydrogen) atoms. The fourth-order valence-electron chi connectivity index (χ4n) is 4.07. The summed E-state index contributed by atoms with van der Waals surface area (Å²) in [6.45, 7) is 2.14. The quantitative estimate of drug-likeness (QED) is 0.173. The minimum atomic E-state index is -0.987. The maximum absolute atomic E-state index is 13.1. The molecule has 4 rings (SSSR count). The Morgan fingerprint density at radius 1 is 1.05 bits per heavy atom. The van der Waals surface area contributed by atoms with E-state index in [-0.39, 0.29) is 19.0 Å². The number of thiophene rings is 1. The molecule has 1 heterocycles. The van der Waals surface area contributed by atoms with Gasteiger partial charge in [0, 0.05) is 4.88 Å². The number of hydrogen-bond donors (Lipinski definition) is 2. The number of hydrogen-bond acceptors (Lipinski definition) is 8. The molecule has 2 aromatic carbocycles. The first kappa shape index (κ1) is 27.8. The lowest BCUT2D eigenvalue weighted by atomic mass is 9.95. The predicted molar refractivity (Wildman–Crippen MR) is 145 cm³/mol. The fourth-order valence-corrected chi connectivity index (χ4v) is 5.35. The molecule has 0 saturated carbocycles. The molecule has 0 bridgehead atoms. The van der Waals surface area contributed by atoms with Crippen LogP contribution in [0.2, 0.25) is 0 Å². The highest BCUT2D eigenvalue weighted by molar-refractivity contribution is 7.17. The highest BCUT2D eigenvalue weighted by Crippen LogP contribution is 2.38. The maximum atomic E-state index is 13.1. The number of esters is 1. The summed E-state index contributed by atoms with van der Waals surface area (Å²) in [7, 11) is 1.49. The van der Waals surface area contributed by atoms with Gasteiger partial charge in [0.05, 0.1) is 25.5 Å². The molecule has 3 aromatic rings. The van der Waals surface area contributed by atoms with Crippen molar-refractivity contribution in [3.8, 4) is 11.5 Å². The fraction of sp³-hybridized carbons (Fsp3) is 0.286. The maximum Gasteiger partial charge on any atom is 0.341 e. The van der Waals surface area contributed by atoms with Crippen LogP contribution >= 0.6 is 11.3 Å². The van der Waals surface area contributed by atoms with Gasteiger partial charge >= 0.3 is 17.8 Å². The van der Waals surface area contributed by atoms with Crippen molar-refractivity contribution < 1.29 is 33.0 Å². The van der Waals surface area contributed by atoms with Crippen LogP contribution in [-0.2, 0) is 33.8 Å². The zero-order valence-electron chi connectivity index (χ0n) is 21.5. The van der Waals surface area contributed by atoms with Gasteiger partial charge in [0.25, 0.3) is 0 Å². The Morgan fingerprint density at radius 2 is 1.82 bits per heavy atom. The van der Waals surface area contributed by atoms with Crippen molar-refractivity contribution in [3.63, 3.8) is 0 Å². The molecule has 204 valence electrons. The second-order valence-corrected chi connectivity index (χ2v) is 9.72. The Morgan fingerprint density at radius 3 is 2.56 bits per heavy atom. The Balaban J connectivity index is 1.37. The Labute approximate surface area is 229 Å². The number of rotatable bonds is 9. The monoisotopic (exact) mass is 553 g/mol. The lowest BCUT2D eigenvalue weighted by molar-refractivity contribution is -0.136. The first-order chi connectivity index (χ1) is 18.9. The van der Waals surface area contributed by atoms with Gasteiger partial charge in [-0.05, 0) is 79.6 Å². The number of aryl methyl sites for hydroxylation is 1. The molecular formula is C28H28FN3O6S. The number of nitrogens with one attached hydrogen (secondary N) is 2. The standard InChI is InChI=1S/C28H28FN3O6S/c1-3-37-28(35)24-20-6-4-5-7-23(20)39-27(24)31-25(33)26(34)32-30-15-18-10-13-21(22(14-18)36-2)38-16-17-8-11-19(29)12-9-17/h8-15H,3-7,16H2,1-2H3,(H,31,33)(H,32,34)/b30-15+. The van der Waals surface area contributed by atoms with Crippen LogP contribution in [0, 0.1) is 5.82 Å². The Kier molecular flexibility index (Phi) is 9.27. The molecule has 1 aromatic heterocycles.